The molecule has 1 aromatic heterocycles. The third-order valence-electron chi connectivity index (χ3n) is 1.88. The molecule has 1 N–H and O–H groups in total. The molecule has 2 heterocycles. The maximum absolute atomic E-state index is 4.36. The summed E-state index contributed by atoms with van der Waals surface area (Å²) in [6.07, 6.45) is 1.64. The summed E-state index contributed by atoms with van der Waals surface area (Å²) in [5.41, 5.74) is 2.07. The van der Waals surface area contributed by atoms with Crippen molar-refractivity contribution >= 4 is 35.5 Å². The zero-order chi connectivity index (χ0) is 8.67. The van der Waals surface area contributed by atoms with E-state index in [9.17, 15) is 0 Å². The van der Waals surface area contributed by atoms with Gasteiger partial charge in [0.25, 0.3) is 0 Å². The van der Waals surface area contributed by atoms with Crippen LogP contribution in [0.3, 0.4) is 0 Å². The van der Waals surface area contributed by atoms with Gasteiger partial charge < -0.3 is 4.72 Å². The van der Waals surface area contributed by atoms with Gasteiger partial charge in [-0.05, 0) is 12.1 Å². The summed E-state index contributed by atoms with van der Waals surface area (Å²) < 4.78 is 4.93. The van der Waals surface area contributed by atoms with Crippen LogP contribution in [0.4, 0.5) is 5.95 Å². The monoisotopic (exact) mass is 190 g/mol. The van der Waals surface area contributed by atoms with Gasteiger partial charge in [-0.15, -0.1) is 0 Å². The molecule has 0 bridgehead atoms. The van der Waals surface area contributed by atoms with Gasteiger partial charge in [0, 0.05) is 0 Å². The molecule has 0 aliphatic carbocycles. The van der Waals surface area contributed by atoms with Crippen molar-refractivity contribution in [1.82, 2.24) is 13.7 Å². The summed E-state index contributed by atoms with van der Waals surface area (Å²) in [6, 6.07) is 7.98. The molecule has 3 rings (SSSR count). The van der Waals surface area contributed by atoms with Gasteiger partial charge in [0.1, 0.15) is 6.34 Å². The number of fused-ring (bicyclic) bond motifs is 3. The molecule has 4 nitrogen and oxygen atoms in total. The van der Waals surface area contributed by atoms with Crippen molar-refractivity contribution in [2.24, 2.45) is 4.99 Å². The van der Waals surface area contributed by atoms with Crippen LogP contribution in [0.2, 0.25) is 0 Å². The Morgan fingerprint density at radius 1 is 1.31 bits per heavy atom. The Bertz CT molecular complexity index is 488. The molecule has 0 spiro atoms. The van der Waals surface area contributed by atoms with E-state index < -0.39 is 0 Å². The van der Waals surface area contributed by atoms with Gasteiger partial charge in [0.2, 0.25) is 5.95 Å². The van der Waals surface area contributed by atoms with Gasteiger partial charge in [0.05, 0.1) is 23.2 Å². The molecule has 0 atom stereocenters. The number of nitrogens with zero attached hydrogens (tertiary/aromatic N) is 3. The zero-order valence-electron chi connectivity index (χ0n) is 6.64. The van der Waals surface area contributed by atoms with Crippen molar-refractivity contribution in [3.05, 3.63) is 24.3 Å². The van der Waals surface area contributed by atoms with Crippen LogP contribution in [0.1, 0.15) is 0 Å². The van der Waals surface area contributed by atoms with E-state index in [1.54, 1.807) is 6.34 Å². The molecule has 0 saturated heterocycles. The van der Waals surface area contributed by atoms with E-state index in [0.29, 0.717) is 0 Å². The third-order valence-corrected chi connectivity index (χ3v) is 2.63. The van der Waals surface area contributed by atoms with Gasteiger partial charge in [0.15, 0.2) is 0 Å². The quantitative estimate of drug-likeness (QED) is 0.643. The molecule has 0 unspecified atom stereocenters. The maximum Gasteiger partial charge on any atom is 0.243 e. The van der Waals surface area contributed by atoms with E-state index in [0.717, 1.165) is 17.0 Å². The lowest BCUT2D eigenvalue weighted by atomic mass is 10.3. The molecule has 0 fully saturated rings. The summed E-state index contributed by atoms with van der Waals surface area (Å²) in [7, 11) is 0. The number of aromatic nitrogens is 2. The van der Waals surface area contributed by atoms with Crippen LogP contribution in [0.15, 0.2) is 29.3 Å². The van der Waals surface area contributed by atoms with Crippen LogP contribution in [0, 0.1) is 0 Å². The number of aliphatic imine (C=N–C) groups is 1. The fraction of sp³-hybridized carbons (Fsp3) is 0. The van der Waals surface area contributed by atoms with Crippen LogP contribution >= 0.6 is 12.1 Å². The van der Waals surface area contributed by atoms with Gasteiger partial charge in [-0.25, -0.2) is 13.9 Å². The van der Waals surface area contributed by atoms with E-state index in [-0.39, 0.29) is 0 Å². The fourth-order valence-corrected chi connectivity index (χ4v) is 1.95. The number of imidazole rings is 1. The van der Waals surface area contributed by atoms with Crippen LogP contribution in [0.5, 0.6) is 0 Å². The van der Waals surface area contributed by atoms with Gasteiger partial charge in [-0.1, -0.05) is 12.1 Å². The van der Waals surface area contributed by atoms with Crippen LogP contribution in [-0.2, 0) is 0 Å². The highest BCUT2D eigenvalue weighted by atomic mass is 32.2. The van der Waals surface area contributed by atoms with Crippen molar-refractivity contribution in [2.45, 2.75) is 0 Å². The van der Waals surface area contributed by atoms with Gasteiger partial charge in [-0.3, -0.25) is 0 Å². The average molecular weight is 190 g/mol. The highest BCUT2D eigenvalue weighted by Crippen LogP contribution is 2.26. The second kappa shape index (κ2) is 2.50. The minimum absolute atomic E-state index is 0.741. The van der Waals surface area contributed by atoms with Gasteiger partial charge >= 0.3 is 0 Å². The Morgan fingerprint density at radius 3 is 3.23 bits per heavy atom. The molecule has 13 heavy (non-hydrogen) atoms. The van der Waals surface area contributed by atoms with E-state index in [1.807, 2.05) is 28.2 Å². The number of nitrogens with one attached hydrogen (secondary N) is 1. The summed E-state index contributed by atoms with van der Waals surface area (Å²) >= 11 is 1.48. The van der Waals surface area contributed by atoms with Crippen molar-refractivity contribution in [3.8, 4) is 0 Å². The maximum atomic E-state index is 4.36. The second-order valence-corrected chi connectivity index (χ2v) is 3.45. The van der Waals surface area contributed by atoms with Crippen molar-refractivity contribution < 1.29 is 0 Å². The minimum atomic E-state index is 0.741. The summed E-state index contributed by atoms with van der Waals surface area (Å²) in [6.45, 7) is 0. The molecule has 0 saturated carbocycles. The first kappa shape index (κ1) is 6.97. The SMILES string of the molecule is C1=Nc2nc3ccccc3n2SN1. The smallest absolute Gasteiger partial charge is 0.243 e. The number of para-hydroxylation sites is 2. The van der Waals surface area contributed by atoms with Crippen molar-refractivity contribution in [1.29, 1.82) is 0 Å². The molecule has 0 radical (unpaired) electrons. The van der Waals surface area contributed by atoms with Crippen molar-refractivity contribution in [3.63, 3.8) is 0 Å². The summed E-state index contributed by atoms with van der Waals surface area (Å²) in [4.78, 5) is 8.48. The van der Waals surface area contributed by atoms with Gasteiger partial charge in [-0.2, -0.15) is 0 Å². The number of hydrogen-bond acceptors (Lipinski definition) is 4. The van der Waals surface area contributed by atoms with E-state index in [4.69, 9.17) is 0 Å². The molecule has 1 aromatic carbocycles. The number of hydrogen-bond donors (Lipinski definition) is 1. The normalized spacial score (nSPS) is 14.2. The largest absolute Gasteiger partial charge is 0.302 e. The lowest BCUT2D eigenvalue weighted by Gasteiger charge is -2.07. The summed E-state index contributed by atoms with van der Waals surface area (Å²) in [5.74, 6) is 0.741. The molecule has 1 aliphatic heterocycles. The third kappa shape index (κ3) is 0.936. The minimum Gasteiger partial charge on any atom is -0.302 e. The first-order valence-electron chi connectivity index (χ1n) is 3.88. The first-order chi connectivity index (χ1) is 6.45. The Kier molecular flexibility index (Phi) is 1.34. The Morgan fingerprint density at radius 2 is 2.23 bits per heavy atom. The Labute approximate surface area is 79.0 Å². The molecular weight excluding hydrogens is 184 g/mol. The highest BCUT2D eigenvalue weighted by molar-refractivity contribution is 7.96. The average Bonchev–Trinajstić information content (AvgIpc) is 2.56. The number of benzene rings is 1. The van der Waals surface area contributed by atoms with E-state index >= 15 is 0 Å². The Balaban J connectivity index is 2.41. The fourth-order valence-electron chi connectivity index (χ4n) is 1.32. The molecule has 64 valence electrons. The molecule has 5 heteroatoms. The predicted molar refractivity (Wildman–Crippen MR) is 54.0 cm³/mol. The zero-order valence-corrected chi connectivity index (χ0v) is 7.45. The lowest BCUT2D eigenvalue weighted by Crippen LogP contribution is -2.07. The van der Waals surface area contributed by atoms with Crippen LogP contribution < -0.4 is 4.72 Å². The van der Waals surface area contributed by atoms with Crippen LogP contribution in [-0.4, -0.2) is 15.3 Å². The van der Waals surface area contributed by atoms with Crippen molar-refractivity contribution in [2.75, 3.05) is 0 Å². The summed E-state index contributed by atoms with van der Waals surface area (Å²) in [5, 5.41) is 0. The topological polar surface area (TPSA) is 42.2 Å². The molecule has 2 aromatic rings. The van der Waals surface area contributed by atoms with E-state index in [2.05, 4.69) is 14.7 Å². The lowest BCUT2D eigenvalue weighted by molar-refractivity contribution is 1.18. The standard InChI is InChI=1S/C8H6N4S/c1-2-4-7-6(3-1)11-8-9-5-10-13-12(7)8/h1-5H,(H,9,10,11). The first-order valence-corrected chi connectivity index (χ1v) is 4.65. The number of rotatable bonds is 0. The second-order valence-electron chi connectivity index (χ2n) is 2.66. The highest BCUT2D eigenvalue weighted by Gasteiger charge is 2.11. The predicted octanol–water partition coefficient (Wildman–Crippen LogP) is 1.71. The molecule has 1 aliphatic rings. The molecular formula is C8H6N4S. The Hall–Kier alpha value is -1.49. The van der Waals surface area contributed by atoms with Crippen LogP contribution in [0.25, 0.3) is 11.0 Å². The van der Waals surface area contributed by atoms with E-state index in [1.165, 1.54) is 12.1 Å². The molecule has 0 amide bonds.